The van der Waals surface area contributed by atoms with Gasteiger partial charge in [0.15, 0.2) is 0 Å². The second kappa shape index (κ2) is 6.42. The van der Waals surface area contributed by atoms with Crippen LogP contribution in [0.25, 0.3) is 11.3 Å². The number of halogens is 3. The molecule has 1 aromatic heterocycles. The Morgan fingerprint density at radius 2 is 1.82 bits per heavy atom. The standard InChI is InChI=1S/C17H12Cl2FNO/c18-11-5-7-16(14(19)9-11)21-10-12-6-8-17(22-12)13-3-1-2-4-15(13)20/h1-9,21H,10H2. The average Bonchev–Trinajstić information content (AvgIpc) is 2.95. The molecule has 0 spiro atoms. The summed E-state index contributed by atoms with van der Waals surface area (Å²) in [5.74, 6) is 0.874. The highest BCUT2D eigenvalue weighted by molar-refractivity contribution is 6.36. The molecule has 1 N–H and O–H groups in total. The van der Waals surface area contributed by atoms with Gasteiger partial charge in [0, 0.05) is 5.02 Å². The van der Waals surface area contributed by atoms with E-state index in [1.54, 1.807) is 48.5 Å². The minimum Gasteiger partial charge on any atom is -0.459 e. The van der Waals surface area contributed by atoms with E-state index in [1.807, 2.05) is 0 Å². The number of hydrogen-bond acceptors (Lipinski definition) is 2. The van der Waals surface area contributed by atoms with Crippen LogP contribution in [0.4, 0.5) is 10.1 Å². The normalized spacial score (nSPS) is 10.7. The number of furan rings is 1. The van der Waals surface area contributed by atoms with Crippen molar-refractivity contribution in [1.82, 2.24) is 0 Å². The van der Waals surface area contributed by atoms with Crippen LogP contribution in [-0.4, -0.2) is 0 Å². The number of nitrogens with one attached hydrogen (secondary N) is 1. The van der Waals surface area contributed by atoms with E-state index >= 15 is 0 Å². The monoisotopic (exact) mass is 335 g/mol. The molecule has 3 aromatic rings. The summed E-state index contributed by atoms with van der Waals surface area (Å²) in [6.07, 6.45) is 0. The summed E-state index contributed by atoms with van der Waals surface area (Å²) in [6, 6.07) is 15.3. The smallest absolute Gasteiger partial charge is 0.137 e. The van der Waals surface area contributed by atoms with Crippen molar-refractivity contribution in [2.75, 3.05) is 5.32 Å². The highest BCUT2D eigenvalue weighted by Gasteiger charge is 2.09. The van der Waals surface area contributed by atoms with E-state index in [0.717, 1.165) is 5.69 Å². The highest BCUT2D eigenvalue weighted by Crippen LogP contribution is 2.27. The fourth-order valence-electron chi connectivity index (χ4n) is 2.09. The van der Waals surface area contributed by atoms with Gasteiger partial charge in [-0.05, 0) is 42.5 Å². The van der Waals surface area contributed by atoms with Gasteiger partial charge >= 0.3 is 0 Å². The SMILES string of the molecule is Fc1ccccc1-c1ccc(CNc2ccc(Cl)cc2Cl)o1. The molecular weight excluding hydrogens is 324 g/mol. The van der Waals surface area contributed by atoms with Gasteiger partial charge in [-0.3, -0.25) is 0 Å². The molecule has 22 heavy (non-hydrogen) atoms. The molecule has 0 saturated heterocycles. The molecule has 0 fully saturated rings. The van der Waals surface area contributed by atoms with Gasteiger partial charge in [0.2, 0.25) is 0 Å². The van der Waals surface area contributed by atoms with Crippen LogP contribution in [0.2, 0.25) is 10.0 Å². The van der Waals surface area contributed by atoms with Gasteiger partial charge < -0.3 is 9.73 Å². The maximum absolute atomic E-state index is 13.7. The molecule has 2 aromatic carbocycles. The van der Waals surface area contributed by atoms with Crippen molar-refractivity contribution in [2.24, 2.45) is 0 Å². The Hall–Kier alpha value is -1.97. The molecule has 112 valence electrons. The molecule has 0 saturated carbocycles. The van der Waals surface area contributed by atoms with Crippen molar-refractivity contribution < 1.29 is 8.81 Å². The van der Waals surface area contributed by atoms with Crippen molar-refractivity contribution >= 4 is 28.9 Å². The largest absolute Gasteiger partial charge is 0.459 e. The van der Waals surface area contributed by atoms with E-state index in [2.05, 4.69) is 5.32 Å². The van der Waals surface area contributed by atoms with Crippen molar-refractivity contribution in [3.05, 3.63) is 76.2 Å². The lowest BCUT2D eigenvalue weighted by atomic mass is 10.1. The average molecular weight is 336 g/mol. The third kappa shape index (κ3) is 3.26. The van der Waals surface area contributed by atoms with Gasteiger partial charge in [0.1, 0.15) is 17.3 Å². The first-order chi connectivity index (χ1) is 10.6. The Labute approximate surface area is 137 Å². The Balaban J connectivity index is 1.74. The number of benzene rings is 2. The van der Waals surface area contributed by atoms with E-state index in [1.165, 1.54) is 6.07 Å². The van der Waals surface area contributed by atoms with E-state index in [-0.39, 0.29) is 5.82 Å². The Morgan fingerprint density at radius 1 is 1.00 bits per heavy atom. The molecule has 0 amide bonds. The number of hydrogen-bond donors (Lipinski definition) is 1. The first kappa shape index (κ1) is 14.9. The molecule has 0 radical (unpaired) electrons. The van der Waals surface area contributed by atoms with Gasteiger partial charge in [-0.15, -0.1) is 0 Å². The third-order valence-corrected chi connectivity index (χ3v) is 3.73. The minimum atomic E-state index is -0.308. The zero-order valence-electron chi connectivity index (χ0n) is 11.4. The van der Waals surface area contributed by atoms with Crippen molar-refractivity contribution in [2.45, 2.75) is 6.54 Å². The summed E-state index contributed by atoms with van der Waals surface area (Å²) in [5.41, 5.74) is 1.20. The summed E-state index contributed by atoms with van der Waals surface area (Å²) >= 11 is 11.9. The Morgan fingerprint density at radius 3 is 2.59 bits per heavy atom. The second-order valence-corrected chi connectivity index (χ2v) is 5.57. The van der Waals surface area contributed by atoms with Crippen LogP contribution in [0.5, 0.6) is 0 Å². The van der Waals surface area contributed by atoms with Crippen LogP contribution >= 0.6 is 23.2 Å². The zero-order chi connectivity index (χ0) is 15.5. The van der Waals surface area contributed by atoms with Gasteiger partial charge in [0.25, 0.3) is 0 Å². The molecule has 0 bridgehead atoms. The molecule has 3 rings (SSSR count). The lowest BCUT2D eigenvalue weighted by Gasteiger charge is -2.07. The van der Waals surface area contributed by atoms with Crippen LogP contribution in [0, 0.1) is 5.82 Å². The number of rotatable bonds is 4. The molecule has 0 aliphatic carbocycles. The first-order valence-electron chi connectivity index (χ1n) is 6.66. The molecular formula is C17H12Cl2FNO. The van der Waals surface area contributed by atoms with E-state index in [4.69, 9.17) is 27.6 Å². The quantitative estimate of drug-likeness (QED) is 0.632. The minimum absolute atomic E-state index is 0.308. The molecule has 0 atom stereocenters. The Kier molecular flexibility index (Phi) is 4.36. The van der Waals surface area contributed by atoms with Crippen LogP contribution in [0.3, 0.4) is 0 Å². The van der Waals surface area contributed by atoms with Gasteiger partial charge in [-0.2, -0.15) is 0 Å². The summed E-state index contributed by atoms with van der Waals surface area (Å²) in [5, 5.41) is 4.27. The summed E-state index contributed by atoms with van der Waals surface area (Å²) in [7, 11) is 0. The van der Waals surface area contributed by atoms with E-state index < -0.39 is 0 Å². The van der Waals surface area contributed by atoms with Gasteiger partial charge in [-0.25, -0.2) is 4.39 Å². The van der Waals surface area contributed by atoms with Gasteiger partial charge in [0.05, 0.1) is 22.8 Å². The second-order valence-electron chi connectivity index (χ2n) is 4.72. The van der Waals surface area contributed by atoms with Gasteiger partial charge in [-0.1, -0.05) is 35.3 Å². The summed E-state index contributed by atoms with van der Waals surface area (Å²) in [6.45, 7) is 0.440. The van der Waals surface area contributed by atoms with Crippen LogP contribution in [0.1, 0.15) is 5.76 Å². The maximum Gasteiger partial charge on any atom is 0.137 e. The van der Waals surface area contributed by atoms with Crippen LogP contribution < -0.4 is 5.32 Å². The highest BCUT2D eigenvalue weighted by atomic mass is 35.5. The maximum atomic E-state index is 13.7. The fourth-order valence-corrected chi connectivity index (χ4v) is 2.57. The van der Waals surface area contributed by atoms with Crippen molar-refractivity contribution in [1.29, 1.82) is 0 Å². The van der Waals surface area contributed by atoms with E-state index in [9.17, 15) is 4.39 Å². The fraction of sp³-hybridized carbons (Fsp3) is 0.0588. The van der Waals surface area contributed by atoms with E-state index in [0.29, 0.717) is 33.7 Å². The first-order valence-corrected chi connectivity index (χ1v) is 7.41. The van der Waals surface area contributed by atoms with Crippen molar-refractivity contribution in [3.8, 4) is 11.3 Å². The lowest BCUT2D eigenvalue weighted by Crippen LogP contribution is -1.98. The molecule has 0 aliphatic heterocycles. The van der Waals surface area contributed by atoms with Crippen LogP contribution in [0.15, 0.2) is 59.0 Å². The molecule has 1 heterocycles. The number of anilines is 1. The molecule has 0 aliphatic rings. The predicted molar refractivity (Wildman–Crippen MR) is 87.9 cm³/mol. The summed E-state index contributed by atoms with van der Waals surface area (Å²) in [4.78, 5) is 0. The lowest BCUT2D eigenvalue weighted by molar-refractivity contribution is 0.525. The van der Waals surface area contributed by atoms with Crippen molar-refractivity contribution in [3.63, 3.8) is 0 Å². The summed E-state index contributed by atoms with van der Waals surface area (Å²) < 4.78 is 19.4. The predicted octanol–water partition coefficient (Wildman–Crippen LogP) is 6.00. The third-order valence-electron chi connectivity index (χ3n) is 3.19. The molecule has 2 nitrogen and oxygen atoms in total. The molecule has 5 heteroatoms. The molecule has 0 unspecified atom stereocenters. The topological polar surface area (TPSA) is 25.2 Å². The Bertz CT molecular complexity index is 801. The van der Waals surface area contributed by atoms with Crippen LogP contribution in [-0.2, 0) is 6.54 Å². The zero-order valence-corrected chi connectivity index (χ0v) is 13.0.